The Hall–Kier alpha value is -3.20. The summed E-state index contributed by atoms with van der Waals surface area (Å²) in [7, 11) is 0. The molecule has 2 aromatic carbocycles. The van der Waals surface area contributed by atoms with E-state index in [4.69, 9.17) is 0 Å². The maximum absolute atomic E-state index is 12.6. The Kier molecular flexibility index (Phi) is 4.99. The van der Waals surface area contributed by atoms with Crippen LogP contribution in [-0.2, 0) is 17.5 Å². The summed E-state index contributed by atoms with van der Waals surface area (Å²) in [6, 6.07) is 14.4. The minimum absolute atomic E-state index is 0.0638. The smallest absolute Gasteiger partial charge is 0.344 e. The van der Waals surface area contributed by atoms with E-state index < -0.39 is 11.7 Å². The summed E-state index contributed by atoms with van der Waals surface area (Å²) in [6.07, 6.45) is -2.57. The van der Waals surface area contributed by atoms with Crippen molar-refractivity contribution >= 4 is 16.8 Å². The van der Waals surface area contributed by atoms with Gasteiger partial charge in [0.25, 0.3) is 0 Å². The molecule has 6 heteroatoms. The van der Waals surface area contributed by atoms with Crippen LogP contribution < -0.4 is 5.32 Å². The van der Waals surface area contributed by atoms with Gasteiger partial charge >= 0.3 is 6.18 Å². The fourth-order valence-electron chi connectivity index (χ4n) is 2.55. The molecule has 0 aliphatic heterocycles. The molecule has 0 aliphatic rings. The van der Waals surface area contributed by atoms with E-state index in [1.54, 1.807) is 0 Å². The lowest BCUT2D eigenvalue weighted by molar-refractivity contribution is -0.137. The van der Waals surface area contributed by atoms with Crippen molar-refractivity contribution in [1.82, 2.24) is 9.88 Å². The Bertz CT molecular complexity index is 993. The number of carbonyl (C=O) groups excluding carboxylic acids is 1. The Morgan fingerprint density at radius 3 is 2.69 bits per heavy atom. The third-order valence-corrected chi connectivity index (χ3v) is 3.79. The standard InChI is InChI=1S/C20H15F3N2O/c21-20(22,23)17-8-3-5-15(13-17)6-4-11-24-19(26)14-25-12-10-16-7-1-2-9-18(16)25/h1-3,5,7-10,12-13H,11,14H2,(H,24,26). The summed E-state index contributed by atoms with van der Waals surface area (Å²) >= 11 is 0. The van der Waals surface area contributed by atoms with Crippen LogP contribution in [0.15, 0.2) is 60.8 Å². The van der Waals surface area contributed by atoms with Crippen molar-refractivity contribution in [3.8, 4) is 11.8 Å². The summed E-state index contributed by atoms with van der Waals surface area (Å²) in [5.41, 5.74) is 0.469. The van der Waals surface area contributed by atoms with Crippen molar-refractivity contribution in [2.75, 3.05) is 6.54 Å². The number of hydrogen-bond donors (Lipinski definition) is 1. The third-order valence-electron chi connectivity index (χ3n) is 3.79. The molecule has 0 fully saturated rings. The number of hydrogen-bond acceptors (Lipinski definition) is 1. The molecule has 0 saturated heterocycles. The molecule has 1 N–H and O–H groups in total. The molecule has 3 nitrogen and oxygen atoms in total. The highest BCUT2D eigenvalue weighted by Gasteiger charge is 2.30. The number of halogens is 3. The van der Waals surface area contributed by atoms with Crippen LogP contribution >= 0.6 is 0 Å². The number of alkyl halides is 3. The number of aromatic nitrogens is 1. The zero-order valence-electron chi connectivity index (χ0n) is 13.7. The predicted octanol–water partition coefficient (Wildman–Crippen LogP) is 3.83. The lowest BCUT2D eigenvalue weighted by Gasteiger charge is -2.06. The monoisotopic (exact) mass is 356 g/mol. The molecule has 132 valence electrons. The van der Waals surface area contributed by atoms with Gasteiger partial charge in [-0.2, -0.15) is 13.2 Å². The van der Waals surface area contributed by atoms with Crippen LogP contribution in [0.2, 0.25) is 0 Å². The summed E-state index contributed by atoms with van der Waals surface area (Å²) < 4.78 is 39.8. The lowest BCUT2D eigenvalue weighted by atomic mass is 10.1. The van der Waals surface area contributed by atoms with E-state index in [0.29, 0.717) is 0 Å². The first kappa shape index (κ1) is 17.6. The van der Waals surface area contributed by atoms with Gasteiger partial charge in [0.1, 0.15) is 6.54 Å². The predicted molar refractivity (Wildman–Crippen MR) is 93.3 cm³/mol. The highest BCUT2D eigenvalue weighted by molar-refractivity contribution is 5.83. The number of fused-ring (bicyclic) bond motifs is 1. The van der Waals surface area contributed by atoms with Crippen molar-refractivity contribution in [1.29, 1.82) is 0 Å². The highest BCUT2D eigenvalue weighted by atomic mass is 19.4. The van der Waals surface area contributed by atoms with Gasteiger partial charge in [-0.15, -0.1) is 0 Å². The van der Waals surface area contributed by atoms with Crippen molar-refractivity contribution in [3.05, 3.63) is 71.9 Å². The van der Waals surface area contributed by atoms with Crippen LogP contribution in [-0.4, -0.2) is 17.0 Å². The van der Waals surface area contributed by atoms with Crippen LogP contribution in [0, 0.1) is 11.8 Å². The Balaban J connectivity index is 1.57. The van der Waals surface area contributed by atoms with Gasteiger partial charge in [0.2, 0.25) is 5.91 Å². The van der Waals surface area contributed by atoms with E-state index in [2.05, 4.69) is 17.2 Å². The van der Waals surface area contributed by atoms with Crippen LogP contribution in [0.5, 0.6) is 0 Å². The van der Waals surface area contributed by atoms with Gasteiger partial charge in [-0.05, 0) is 35.7 Å². The Morgan fingerprint density at radius 2 is 1.88 bits per heavy atom. The first-order valence-electron chi connectivity index (χ1n) is 7.90. The minimum Gasteiger partial charge on any atom is -0.344 e. The molecule has 0 unspecified atom stereocenters. The van der Waals surface area contributed by atoms with E-state index >= 15 is 0 Å². The SMILES string of the molecule is O=C(Cn1ccc2ccccc21)NCC#Cc1cccc(C(F)(F)F)c1. The van der Waals surface area contributed by atoms with Crippen LogP contribution in [0.25, 0.3) is 10.9 Å². The van der Waals surface area contributed by atoms with Crippen molar-refractivity contribution in [2.24, 2.45) is 0 Å². The lowest BCUT2D eigenvalue weighted by Crippen LogP contribution is -2.27. The summed E-state index contributed by atoms with van der Waals surface area (Å²) in [5, 5.41) is 3.69. The molecule has 0 atom stereocenters. The van der Waals surface area contributed by atoms with E-state index in [0.717, 1.165) is 23.0 Å². The molecule has 26 heavy (non-hydrogen) atoms. The summed E-state index contributed by atoms with van der Waals surface area (Å²) in [4.78, 5) is 12.0. The minimum atomic E-state index is -4.40. The van der Waals surface area contributed by atoms with Crippen LogP contribution in [0.1, 0.15) is 11.1 Å². The van der Waals surface area contributed by atoms with Crippen molar-refractivity contribution < 1.29 is 18.0 Å². The second kappa shape index (κ2) is 7.36. The molecular weight excluding hydrogens is 341 g/mol. The van der Waals surface area contributed by atoms with Gasteiger partial charge < -0.3 is 9.88 Å². The van der Waals surface area contributed by atoms with Gasteiger partial charge in [0.05, 0.1) is 12.1 Å². The van der Waals surface area contributed by atoms with E-state index in [1.807, 2.05) is 41.1 Å². The zero-order valence-corrected chi connectivity index (χ0v) is 13.7. The topological polar surface area (TPSA) is 34.0 Å². The average molecular weight is 356 g/mol. The van der Waals surface area contributed by atoms with Crippen LogP contribution in [0.3, 0.4) is 0 Å². The number of nitrogens with zero attached hydrogens (tertiary/aromatic N) is 1. The van der Waals surface area contributed by atoms with E-state index in [-0.39, 0.29) is 24.6 Å². The Labute approximate surface area is 148 Å². The van der Waals surface area contributed by atoms with Gasteiger partial charge in [0, 0.05) is 17.3 Å². The quantitative estimate of drug-likeness (QED) is 0.711. The summed E-state index contributed by atoms with van der Waals surface area (Å²) in [6.45, 7) is 0.215. The molecule has 1 aromatic heterocycles. The molecule has 0 saturated carbocycles. The average Bonchev–Trinajstić information content (AvgIpc) is 3.01. The molecule has 0 radical (unpaired) electrons. The van der Waals surface area contributed by atoms with Crippen molar-refractivity contribution in [2.45, 2.75) is 12.7 Å². The number of nitrogens with one attached hydrogen (secondary N) is 1. The maximum Gasteiger partial charge on any atom is 0.416 e. The Morgan fingerprint density at radius 1 is 1.08 bits per heavy atom. The second-order valence-electron chi connectivity index (χ2n) is 5.66. The number of benzene rings is 2. The molecule has 1 heterocycles. The van der Waals surface area contributed by atoms with Gasteiger partial charge in [-0.1, -0.05) is 36.1 Å². The maximum atomic E-state index is 12.6. The second-order valence-corrected chi connectivity index (χ2v) is 5.66. The number of para-hydroxylation sites is 1. The van der Waals surface area contributed by atoms with E-state index in [9.17, 15) is 18.0 Å². The van der Waals surface area contributed by atoms with Gasteiger partial charge in [-0.3, -0.25) is 4.79 Å². The highest BCUT2D eigenvalue weighted by Crippen LogP contribution is 2.29. The number of amides is 1. The first-order valence-corrected chi connectivity index (χ1v) is 7.90. The fourth-order valence-corrected chi connectivity index (χ4v) is 2.55. The third kappa shape index (κ3) is 4.25. The molecule has 1 amide bonds. The fraction of sp³-hybridized carbons (Fsp3) is 0.150. The van der Waals surface area contributed by atoms with Crippen molar-refractivity contribution in [3.63, 3.8) is 0 Å². The normalized spacial score (nSPS) is 11.0. The zero-order chi connectivity index (χ0) is 18.6. The first-order chi connectivity index (χ1) is 12.4. The van der Waals surface area contributed by atoms with E-state index in [1.165, 1.54) is 12.1 Å². The van der Waals surface area contributed by atoms with Crippen LogP contribution in [0.4, 0.5) is 13.2 Å². The molecular formula is C20H15F3N2O. The molecule has 0 aliphatic carbocycles. The van der Waals surface area contributed by atoms with Gasteiger partial charge in [0.15, 0.2) is 0 Å². The molecule has 0 spiro atoms. The number of carbonyl (C=O) groups is 1. The molecule has 0 bridgehead atoms. The molecule has 3 aromatic rings. The number of rotatable bonds is 3. The summed E-state index contributed by atoms with van der Waals surface area (Å²) in [5.74, 6) is 5.08. The largest absolute Gasteiger partial charge is 0.416 e. The van der Waals surface area contributed by atoms with Gasteiger partial charge in [-0.25, -0.2) is 0 Å². The molecule has 3 rings (SSSR count).